The number of carbonyl (C=O) groups excluding carboxylic acids is 2. The molecule has 6 heteroatoms. The third-order valence-corrected chi connectivity index (χ3v) is 5.74. The maximum absolute atomic E-state index is 12.5. The van der Waals surface area contributed by atoms with E-state index in [0.717, 1.165) is 56.9 Å². The number of benzene rings is 1. The predicted molar refractivity (Wildman–Crippen MR) is 105 cm³/mol. The largest absolute Gasteiger partial charge is 0.352 e. The summed E-state index contributed by atoms with van der Waals surface area (Å²) in [6, 6.07) is 7.47. The number of nitrogens with two attached hydrogens (primary N) is 1. The van der Waals surface area contributed by atoms with Crippen LogP contribution in [0.1, 0.15) is 67.3 Å². The molecule has 0 aliphatic heterocycles. The lowest BCUT2D eigenvalue weighted by Crippen LogP contribution is -2.51. The molecule has 0 saturated heterocycles. The van der Waals surface area contributed by atoms with Gasteiger partial charge in [0.2, 0.25) is 5.91 Å². The highest BCUT2D eigenvalue weighted by atomic mass is 35.5. The molecule has 5 nitrogen and oxygen atoms in total. The molecule has 0 aromatic heterocycles. The summed E-state index contributed by atoms with van der Waals surface area (Å²) in [5, 5.41) is 6.14. The van der Waals surface area contributed by atoms with Crippen molar-refractivity contribution in [2.45, 2.75) is 63.5 Å². The van der Waals surface area contributed by atoms with Gasteiger partial charge in [-0.1, -0.05) is 37.8 Å². The first kappa shape index (κ1) is 20.7. The number of nitrogens with one attached hydrogen (secondary N) is 2. The van der Waals surface area contributed by atoms with Crippen molar-refractivity contribution >= 4 is 24.2 Å². The maximum Gasteiger partial charge on any atom is 0.251 e. The van der Waals surface area contributed by atoms with Crippen molar-refractivity contribution in [2.24, 2.45) is 11.7 Å². The van der Waals surface area contributed by atoms with E-state index in [1.807, 2.05) is 24.3 Å². The third-order valence-electron chi connectivity index (χ3n) is 5.74. The van der Waals surface area contributed by atoms with Crippen LogP contribution in [0.25, 0.3) is 0 Å². The van der Waals surface area contributed by atoms with E-state index in [0.29, 0.717) is 18.7 Å². The van der Waals surface area contributed by atoms with Crippen molar-refractivity contribution in [1.29, 1.82) is 0 Å². The van der Waals surface area contributed by atoms with Gasteiger partial charge in [0.05, 0.1) is 5.54 Å². The molecule has 4 N–H and O–H groups in total. The first-order valence-corrected chi connectivity index (χ1v) is 9.51. The fourth-order valence-corrected chi connectivity index (χ4v) is 4.04. The summed E-state index contributed by atoms with van der Waals surface area (Å²) in [7, 11) is 0. The molecule has 0 heterocycles. The average Bonchev–Trinajstić information content (AvgIpc) is 3.32. The molecule has 0 unspecified atom stereocenters. The Morgan fingerprint density at radius 1 is 1.04 bits per heavy atom. The standard InChI is InChI=1S/C20H29N3O2.ClH/c21-14-20(11-3-4-12-20)23-19(25)17-9-7-15(8-10-17)13-22-18(24)16-5-1-2-6-16;/h7-10,16H,1-6,11-14,21H2,(H,22,24)(H,23,25);1H. The second kappa shape index (κ2) is 9.38. The summed E-state index contributed by atoms with van der Waals surface area (Å²) >= 11 is 0. The average molecular weight is 380 g/mol. The minimum absolute atomic E-state index is 0. The second-order valence-corrected chi connectivity index (χ2v) is 7.54. The smallest absolute Gasteiger partial charge is 0.251 e. The van der Waals surface area contributed by atoms with E-state index < -0.39 is 0 Å². The number of amides is 2. The molecule has 2 aliphatic rings. The lowest BCUT2D eigenvalue weighted by Gasteiger charge is -2.28. The number of carbonyl (C=O) groups is 2. The number of hydrogen-bond donors (Lipinski definition) is 3. The fourth-order valence-electron chi connectivity index (χ4n) is 4.04. The second-order valence-electron chi connectivity index (χ2n) is 7.54. The Labute approximate surface area is 161 Å². The van der Waals surface area contributed by atoms with Crippen molar-refractivity contribution in [3.63, 3.8) is 0 Å². The van der Waals surface area contributed by atoms with Crippen LogP contribution in [0.5, 0.6) is 0 Å². The van der Waals surface area contributed by atoms with Crippen molar-refractivity contribution in [3.8, 4) is 0 Å². The molecule has 3 rings (SSSR count). The summed E-state index contributed by atoms with van der Waals surface area (Å²) < 4.78 is 0. The van der Waals surface area contributed by atoms with E-state index in [1.165, 1.54) is 0 Å². The molecule has 2 aliphatic carbocycles. The van der Waals surface area contributed by atoms with Gasteiger partial charge in [-0.3, -0.25) is 9.59 Å². The van der Waals surface area contributed by atoms with E-state index in [9.17, 15) is 9.59 Å². The van der Waals surface area contributed by atoms with Crippen molar-refractivity contribution in [3.05, 3.63) is 35.4 Å². The highest BCUT2D eigenvalue weighted by Gasteiger charge is 2.34. The zero-order valence-electron chi connectivity index (χ0n) is 15.3. The molecule has 2 fully saturated rings. The summed E-state index contributed by atoms with van der Waals surface area (Å²) in [6.45, 7) is 1.01. The van der Waals surface area contributed by atoms with Gasteiger partial charge in [-0.15, -0.1) is 12.4 Å². The Bertz CT molecular complexity index is 606. The van der Waals surface area contributed by atoms with Crippen LogP contribution in [0.4, 0.5) is 0 Å². The van der Waals surface area contributed by atoms with E-state index >= 15 is 0 Å². The van der Waals surface area contributed by atoms with Gasteiger partial charge in [-0.25, -0.2) is 0 Å². The molecule has 0 radical (unpaired) electrons. The van der Waals surface area contributed by atoms with Gasteiger partial charge in [0.1, 0.15) is 0 Å². The van der Waals surface area contributed by atoms with Crippen molar-refractivity contribution < 1.29 is 9.59 Å². The summed E-state index contributed by atoms with van der Waals surface area (Å²) in [6.07, 6.45) is 8.50. The van der Waals surface area contributed by atoms with Crippen LogP contribution >= 0.6 is 12.4 Å². The van der Waals surface area contributed by atoms with E-state index in [-0.39, 0.29) is 35.7 Å². The Morgan fingerprint density at radius 3 is 2.23 bits per heavy atom. The lowest BCUT2D eigenvalue weighted by molar-refractivity contribution is -0.124. The molecule has 144 valence electrons. The normalized spacial score (nSPS) is 19.0. The molecule has 1 aromatic carbocycles. The van der Waals surface area contributed by atoms with Crippen LogP contribution < -0.4 is 16.4 Å². The first-order chi connectivity index (χ1) is 12.1. The Kier molecular flexibility index (Phi) is 7.47. The summed E-state index contributed by atoms with van der Waals surface area (Å²) in [4.78, 5) is 24.5. The molecule has 2 saturated carbocycles. The van der Waals surface area contributed by atoms with Gasteiger partial charge >= 0.3 is 0 Å². The number of halogens is 1. The number of hydrogen-bond acceptors (Lipinski definition) is 3. The van der Waals surface area contributed by atoms with E-state index in [2.05, 4.69) is 10.6 Å². The van der Waals surface area contributed by atoms with Crippen LogP contribution in [-0.4, -0.2) is 23.9 Å². The lowest BCUT2D eigenvalue weighted by atomic mass is 9.97. The Morgan fingerprint density at radius 2 is 1.65 bits per heavy atom. The van der Waals surface area contributed by atoms with Gasteiger partial charge < -0.3 is 16.4 Å². The fraction of sp³-hybridized carbons (Fsp3) is 0.600. The van der Waals surface area contributed by atoms with Gasteiger partial charge in [-0.2, -0.15) is 0 Å². The van der Waals surface area contributed by atoms with Gasteiger partial charge in [0, 0.05) is 24.6 Å². The van der Waals surface area contributed by atoms with Crippen molar-refractivity contribution in [1.82, 2.24) is 10.6 Å². The molecule has 0 bridgehead atoms. The van der Waals surface area contributed by atoms with Crippen LogP contribution in [0.2, 0.25) is 0 Å². The zero-order chi connectivity index (χ0) is 17.7. The minimum Gasteiger partial charge on any atom is -0.352 e. The minimum atomic E-state index is -0.231. The van der Waals surface area contributed by atoms with Crippen LogP contribution in [0.15, 0.2) is 24.3 Å². The number of rotatable bonds is 6. The van der Waals surface area contributed by atoms with Crippen molar-refractivity contribution in [2.75, 3.05) is 6.54 Å². The highest BCUT2D eigenvalue weighted by Crippen LogP contribution is 2.29. The quantitative estimate of drug-likeness (QED) is 0.710. The monoisotopic (exact) mass is 379 g/mol. The maximum atomic E-state index is 12.5. The van der Waals surface area contributed by atoms with Gasteiger partial charge in [-0.05, 0) is 43.4 Å². The van der Waals surface area contributed by atoms with E-state index in [4.69, 9.17) is 5.73 Å². The van der Waals surface area contributed by atoms with E-state index in [1.54, 1.807) is 0 Å². The summed E-state index contributed by atoms with van der Waals surface area (Å²) in [5.74, 6) is 0.281. The Balaban J connectivity index is 0.00000243. The van der Waals surface area contributed by atoms with Crippen LogP contribution in [-0.2, 0) is 11.3 Å². The van der Waals surface area contributed by atoms with Crippen LogP contribution in [0, 0.1) is 5.92 Å². The molecule has 0 spiro atoms. The van der Waals surface area contributed by atoms with Gasteiger partial charge in [0.15, 0.2) is 0 Å². The summed E-state index contributed by atoms with van der Waals surface area (Å²) in [5.41, 5.74) is 7.31. The topological polar surface area (TPSA) is 84.2 Å². The predicted octanol–water partition coefficient (Wildman–Crippen LogP) is 2.92. The highest BCUT2D eigenvalue weighted by molar-refractivity contribution is 5.94. The first-order valence-electron chi connectivity index (χ1n) is 9.51. The molecular weight excluding hydrogens is 350 g/mol. The molecule has 1 aromatic rings. The molecule has 0 atom stereocenters. The van der Waals surface area contributed by atoms with Crippen LogP contribution in [0.3, 0.4) is 0 Å². The Hall–Kier alpha value is -1.59. The molecule has 2 amide bonds. The van der Waals surface area contributed by atoms with Gasteiger partial charge in [0.25, 0.3) is 5.91 Å². The molecule has 26 heavy (non-hydrogen) atoms. The zero-order valence-corrected chi connectivity index (χ0v) is 16.1. The third kappa shape index (κ3) is 4.98. The molecular formula is C20H30ClN3O2. The SMILES string of the molecule is Cl.NCC1(NC(=O)c2ccc(CNC(=O)C3CCCC3)cc2)CCCC1.